The van der Waals surface area contributed by atoms with Crippen LogP contribution in [-0.4, -0.2) is 54.3 Å². The molecular weight excluding hydrogens is 230 g/mol. The van der Waals surface area contributed by atoms with Crippen LogP contribution >= 0.6 is 0 Å². The molecule has 18 heavy (non-hydrogen) atoms. The zero-order valence-electron chi connectivity index (χ0n) is 12.1. The highest BCUT2D eigenvalue weighted by molar-refractivity contribution is 5.87. The van der Waals surface area contributed by atoms with Gasteiger partial charge in [-0.15, -0.1) is 0 Å². The molecule has 2 N–H and O–H groups in total. The van der Waals surface area contributed by atoms with E-state index in [9.17, 15) is 9.59 Å². The number of unbranched alkanes of at least 4 members (excludes halogenated alkanes) is 1. The van der Waals surface area contributed by atoms with E-state index in [0.29, 0.717) is 19.5 Å². The van der Waals surface area contributed by atoms with Crippen molar-refractivity contribution in [1.82, 2.24) is 9.80 Å². The molecule has 5 heteroatoms. The minimum Gasteiger partial charge on any atom is -0.342 e. The van der Waals surface area contributed by atoms with Gasteiger partial charge in [0.15, 0.2) is 0 Å². The number of nitrogens with zero attached hydrogens (tertiary/aromatic N) is 2. The van der Waals surface area contributed by atoms with Gasteiger partial charge in [-0.2, -0.15) is 0 Å². The second-order valence-electron chi connectivity index (χ2n) is 4.51. The van der Waals surface area contributed by atoms with Crippen LogP contribution in [0.3, 0.4) is 0 Å². The number of nitrogens with two attached hydrogens (primary N) is 1. The van der Waals surface area contributed by atoms with E-state index in [2.05, 4.69) is 6.92 Å². The lowest BCUT2D eigenvalue weighted by Gasteiger charge is -2.25. The van der Waals surface area contributed by atoms with Crippen molar-refractivity contribution in [2.24, 2.45) is 5.73 Å². The van der Waals surface area contributed by atoms with Crippen molar-refractivity contribution in [2.45, 2.75) is 46.1 Å². The predicted molar refractivity (Wildman–Crippen MR) is 73.1 cm³/mol. The predicted octanol–water partition coefficient (Wildman–Crippen LogP) is 0.831. The minimum absolute atomic E-state index is 0.0291. The summed E-state index contributed by atoms with van der Waals surface area (Å²) < 4.78 is 0. The van der Waals surface area contributed by atoms with E-state index in [0.717, 1.165) is 12.8 Å². The Kier molecular flexibility index (Phi) is 8.37. The number of likely N-dealkylation sites (N-methyl/N-ethyl adjacent to an activating group) is 2. The summed E-state index contributed by atoms with van der Waals surface area (Å²) in [6.07, 6.45) is 2.63. The molecule has 0 saturated carbocycles. The maximum atomic E-state index is 11.9. The van der Waals surface area contributed by atoms with Crippen LogP contribution < -0.4 is 5.73 Å². The molecule has 0 aromatic carbocycles. The van der Waals surface area contributed by atoms with E-state index < -0.39 is 6.04 Å². The molecule has 0 aliphatic carbocycles. The van der Waals surface area contributed by atoms with E-state index in [-0.39, 0.29) is 18.4 Å². The molecule has 0 saturated heterocycles. The van der Waals surface area contributed by atoms with Gasteiger partial charge < -0.3 is 15.5 Å². The van der Waals surface area contributed by atoms with E-state index in [1.165, 1.54) is 4.90 Å². The van der Waals surface area contributed by atoms with Crippen molar-refractivity contribution < 1.29 is 9.59 Å². The lowest BCUT2D eigenvalue weighted by molar-refractivity contribution is -0.140. The summed E-state index contributed by atoms with van der Waals surface area (Å²) in [6, 6.07) is -0.487. The summed E-state index contributed by atoms with van der Waals surface area (Å²) in [4.78, 5) is 26.9. The first kappa shape index (κ1) is 16.9. The molecule has 0 fully saturated rings. The second kappa shape index (κ2) is 8.91. The van der Waals surface area contributed by atoms with Gasteiger partial charge in [0.25, 0.3) is 0 Å². The highest BCUT2D eigenvalue weighted by Gasteiger charge is 2.21. The summed E-state index contributed by atoms with van der Waals surface area (Å²) >= 11 is 0. The molecule has 0 aromatic heterocycles. The first-order valence-corrected chi connectivity index (χ1v) is 6.76. The number of amides is 2. The van der Waals surface area contributed by atoms with Crippen molar-refractivity contribution in [2.75, 3.05) is 26.7 Å². The second-order valence-corrected chi connectivity index (χ2v) is 4.51. The van der Waals surface area contributed by atoms with Gasteiger partial charge in [-0.1, -0.05) is 19.8 Å². The Morgan fingerprint density at radius 3 is 2.17 bits per heavy atom. The molecular formula is C13H27N3O2. The first-order valence-electron chi connectivity index (χ1n) is 6.76. The molecule has 0 aliphatic heterocycles. The van der Waals surface area contributed by atoms with Gasteiger partial charge >= 0.3 is 0 Å². The van der Waals surface area contributed by atoms with Crippen LogP contribution in [0, 0.1) is 0 Å². The van der Waals surface area contributed by atoms with Gasteiger partial charge in [0.05, 0.1) is 12.6 Å². The molecule has 0 radical (unpaired) electrons. The highest BCUT2D eigenvalue weighted by Crippen LogP contribution is 2.02. The Balaban J connectivity index is 4.26. The van der Waals surface area contributed by atoms with Gasteiger partial charge in [0, 0.05) is 20.1 Å². The van der Waals surface area contributed by atoms with Crippen LogP contribution in [0.15, 0.2) is 0 Å². The van der Waals surface area contributed by atoms with Crippen molar-refractivity contribution in [3.8, 4) is 0 Å². The standard InChI is InChI=1S/C13H27N3O2/c1-5-8-9-11(14)13(18)15(4)10-12(17)16(6-2)7-3/h11H,5-10,14H2,1-4H3/t11-/m0/s1. The van der Waals surface area contributed by atoms with E-state index in [1.54, 1.807) is 11.9 Å². The topological polar surface area (TPSA) is 66.6 Å². The summed E-state index contributed by atoms with van der Waals surface area (Å²) in [7, 11) is 1.63. The van der Waals surface area contributed by atoms with Crippen LogP contribution in [-0.2, 0) is 9.59 Å². The summed E-state index contributed by atoms with van der Waals surface area (Å²) in [5.74, 6) is -0.178. The molecule has 0 unspecified atom stereocenters. The zero-order chi connectivity index (χ0) is 14.1. The van der Waals surface area contributed by atoms with Crippen LogP contribution in [0.1, 0.15) is 40.0 Å². The molecule has 5 nitrogen and oxygen atoms in total. The zero-order valence-corrected chi connectivity index (χ0v) is 12.1. The Morgan fingerprint density at radius 2 is 1.72 bits per heavy atom. The van der Waals surface area contributed by atoms with E-state index in [4.69, 9.17) is 5.73 Å². The number of hydrogen-bond acceptors (Lipinski definition) is 3. The molecule has 0 aliphatic rings. The molecule has 0 bridgehead atoms. The number of carbonyl (C=O) groups excluding carboxylic acids is 2. The van der Waals surface area contributed by atoms with Gasteiger partial charge in [0.2, 0.25) is 11.8 Å². The molecule has 0 rings (SSSR count). The largest absolute Gasteiger partial charge is 0.342 e. The Hall–Kier alpha value is -1.10. The average Bonchev–Trinajstić information content (AvgIpc) is 2.36. The maximum Gasteiger partial charge on any atom is 0.242 e. The lowest BCUT2D eigenvalue weighted by atomic mass is 10.1. The summed E-state index contributed by atoms with van der Waals surface area (Å²) in [5, 5.41) is 0. The third-order valence-electron chi connectivity index (χ3n) is 3.05. The van der Waals surface area contributed by atoms with Crippen molar-refractivity contribution in [1.29, 1.82) is 0 Å². The Bertz CT molecular complexity index is 265. The van der Waals surface area contributed by atoms with Gasteiger partial charge in [-0.05, 0) is 20.3 Å². The lowest BCUT2D eigenvalue weighted by Crippen LogP contribution is -2.46. The molecule has 0 spiro atoms. The summed E-state index contributed by atoms with van der Waals surface area (Å²) in [5.41, 5.74) is 5.80. The smallest absolute Gasteiger partial charge is 0.242 e. The third-order valence-corrected chi connectivity index (χ3v) is 3.05. The molecule has 106 valence electrons. The van der Waals surface area contributed by atoms with Crippen molar-refractivity contribution in [3.05, 3.63) is 0 Å². The Labute approximate surface area is 110 Å². The van der Waals surface area contributed by atoms with Crippen LogP contribution in [0.4, 0.5) is 0 Å². The molecule has 0 aromatic rings. The SMILES string of the molecule is CCCC[C@H](N)C(=O)N(C)CC(=O)N(CC)CC. The van der Waals surface area contributed by atoms with E-state index in [1.807, 2.05) is 13.8 Å². The Morgan fingerprint density at radius 1 is 1.17 bits per heavy atom. The number of hydrogen-bond donors (Lipinski definition) is 1. The molecule has 2 amide bonds. The highest BCUT2D eigenvalue weighted by atomic mass is 16.2. The minimum atomic E-state index is -0.487. The van der Waals surface area contributed by atoms with Crippen molar-refractivity contribution in [3.63, 3.8) is 0 Å². The van der Waals surface area contributed by atoms with Gasteiger partial charge in [0.1, 0.15) is 0 Å². The van der Waals surface area contributed by atoms with Crippen LogP contribution in [0.25, 0.3) is 0 Å². The van der Waals surface area contributed by atoms with Crippen LogP contribution in [0.2, 0.25) is 0 Å². The fourth-order valence-corrected chi connectivity index (χ4v) is 1.79. The first-order chi connectivity index (χ1) is 8.47. The van der Waals surface area contributed by atoms with E-state index >= 15 is 0 Å². The molecule has 1 atom stereocenters. The van der Waals surface area contributed by atoms with Gasteiger partial charge in [-0.25, -0.2) is 0 Å². The number of rotatable bonds is 8. The average molecular weight is 257 g/mol. The fraction of sp³-hybridized carbons (Fsp3) is 0.846. The maximum absolute atomic E-state index is 11.9. The number of carbonyl (C=O) groups is 2. The monoisotopic (exact) mass is 257 g/mol. The third kappa shape index (κ3) is 5.49. The normalized spacial score (nSPS) is 12.1. The summed E-state index contributed by atoms with van der Waals surface area (Å²) in [6.45, 7) is 7.36. The van der Waals surface area contributed by atoms with Gasteiger partial charge in [-0.3, -0.25) is 9.59 Å². The van der Waals surface area contributed by atoms with Crippen LogP contribution in [0.5, 0.6) is 0 Å². The fourth-order valence-electron chi connectivity index (χ4n) is 1.79. The quantitative estimate of drug-likeness (QED) is 0.700. The molecule has 0 heterocycles. The van der Waals surface area contributed by atoms with Crippen molar-refractivity contribution >= 4 is 11.8 Å².